The largest absolute Gasteiger partial charge is 0.389 e. The molecular weight excluding hydrogens is 210 g/mol. The smallest absolute Gasteiger partial charge is 0.0766 e. The lowest BCUT2D eigenvalue weighted by atomic mass is 9.96. The van der Waals surface area contributed by atoms with Gasteiger partial charge in [0.2, 0.25) is 0 Å². The summed E-state index contributed by atoms with van der Waals surface area (Å²) in [5.41, 5.74) is 1.98. The van der Waals surface area contributed by atoms with Gasteiger partial charge in [0.15, 0.2) is 0 Å². The summed E-state index contributed by atoms with van der Waals surface area (Å²) in [6.45, 7) is 8.95. The minimum Gasteiger partial charge on any atom is -0.389 e. The first kappa shape index (κ1) is 14.2. The minimum atomic E-state index is -0.571. The van der Waals surface area contributed by atoms with Crippen LogP contribution in [-0.2, 0) is 0 Å². The van der Waals surface area contributed by atoms with Gasteiger partial charge in [-0.2, -0.15) is 0 Å². The number of benzene rings is 1. The first-order chi connectivity index (χ1) is 8.00. The Labute approximate surface area is 105 Å². The molecule has 0 amide bonds. The molecule has 0 heterocycles. The summed E-state index contributed by atoms with van der Waals surface area (Å²) in [7, 11) is 0. The fourth-order valence-corrected chi connectivity index (χ4v) is 1.90. The second-order valence-corrected chi connectivity index (χ2v) is 4.95. The average molecular weight is 235 g/mol. The van der Waals surface area contributed by atoms with Gasteiger partial charge in [-0.1, -0.05) is 43.7 Å². The summed E-state index contributed by atoms with van der Waals surface area (Å²) in [4.78, 5) is 0. The predicted molar refractivity (Wildman–Crippen MR) is 73.1 cm³/mol. The van der Waals surface area contributed by atoms with Crippen LogP contribution < -0.4 is 5.32 Å². The van der Waals surface area contributed by atoms with Crippen LogP contribution in [0.2, 0.25) is 0 Å². The molecule has 1 rings (SSSR count). The second kappa shape index (κ2) is 6.18. The SMILES string of the molecule is CCC(O)(CC)CN[C@@H](C)c1cccc(C)c1. The van der Waals surface area contributed by atoms with Crippen molar-refractivity contribution in [3.8, 4) is 0 Å². The van der Waals surface area contributed by atoms with Gasteiger partial charge in [0.25, 0.3) is 0 Å². The van der Waals surface area contributed by atoms with E-state index in [2.05, 4.69) is 43.4 Å². The second-order valence-electron chi connectivity index (χ2n) is 4.95. The molecular formula is C15H25NO. The van der Waals surface area contributed by atoms with Crippen LogP contribution in [0.3, 0.4) is 0 Å². The Kier molecular flexibility index (Phi) is 5.16. The van der Waals surface area contributed by atoms with Crippen LogP contribution in [0.25, 0.3) is 0 Å². The van der Waals surface area contributed by atoms with Crippen molar-refractivity contribution in [3.63, 3.8) is 0 Å². The molecule has 2 heteroatoms. The van der Waals surface area contributed by atoms with Crippen LogP contribution in [0, 0.1) is 6.92 Å². The Morgan fingerprint density at radius 3 is 2.47 bits per heavy atom. The number of rotatable bonds is 6. The first-order valence-electron chi connectivity index (χ1n) is 6.53. The first-order valence-corrected chi connectivity index (χ1v) is 6.53. The van der Waals surface area contributed by atoms with E-state index >= 15 is 0 Å². The highest BCUT2D eigenvalue weighted by atomic mass is 16.3. The van der Waals surface area contributed by atoms with Gasteiger partial charge in [-0.05, 0) is 32.3 Å². The molecule has 0 saturated carbocycles. The molecule has 17 heavy (non-hydrogen) atoms. The maximum atomic E-state index is 10.2. The summed E-state index contributed by atoms with van der Waals surface area (Å²) in [5, 5.41) is 13.6. The van der Waals surface area contributed by atoms with Crippen LogP contribution in [0.1, 0.15) is 50.8 Å². The number of aryl methyl sites for hydroxylation is 1. The van der Waals surface area contributed by atoms with E-state index in [4.69, 9.17) is 0 Å². The molecule has 1 aromatic carbocycles. The minimum absolute atomic E-state index is 0.277. The van der Waals surface area contributed by atoms with Gasteiger partial charge in [-0.25, -0.2) is 0 Å². The third-order valence-corrected chi connectivity index (χ3v) is 3.60. The number of aliphatic hydroxyl groups is 1. The van der Waals surface area contributed by atoms with Crippen molar-refractivity contribution in [1.82, 2.24) is 5.32 Å². The molecule has 0 aliphatic heterocycles. The monoisotopic (exact) mass is 235 g/mol. The Bertz CT molecular complexity index is 345. The molecule has 1 aromatic rings. The highest BCUT2D eigenvalue weighted by molar-refractivity contribution is 5.24. The van der Waals surface area contributed by atoms with Gasteiger partial charge in [0.05, 0.1) is 5.60 Å². The Morgan fingerprint density at radius 1 is 1.29 bits per heavy atom. The maximum absolute atomic E-state index is 10.2. The topological polar surface area (TPSA) is 32.3 Å². The molecule has 0 saturated heterocycles. The van der Waals surface area contributed by atoms with Crippen molar-refractivity contribution in [2.75, 3.05) is 6.54 Å². The molecule has 2 nitrogen and oxygen atoms in total. The lowest BCUT2D eigenvalue weighted by Gasteiger charge is -2.27. The van der Waals surface area contributed by atoms with Gasteiger partial charge in [-0.15, -0.1) is 0 Å². The van der Waals surface area contributed by atoms with E-state index in [1.165, 1.54) is 11.1 Å². The lowest BCUT2D eigenvalue weighted by Crippen LogP contribution is -2.40. The van der Waals surface area contributed by atoms with E-state index in [9.17, 15) is 5.11 Å². The number of hydrogen-bond acceptors (Lipinski definition) is 2. The molecule has 0 bridgehead atoms. The van der Waals surface area contributed by atoms with E-state index < -0.39 is 5.60 Å². The summed E-state index contributed by atoms with van der Waals surface area (Å²) in [6, 6.07) is 8.77. The fourth-order valence-electron chi connectivity index (χ4n) is 1.90. The standard InChI is InChI=1S/C15H25NO/c1-5-15(17,6-2)11-16-13(4)14-9-7-8-12(3)10-14/h7-10,13,16-17H,5-6,11H2,1-4H3/t13-/m0/s1. The highest BCUT2D eigenvalue weighted by Gasteiger charge is 2.22. The quantitative estimate of drug-likeness (QED) is 0.793. The highest BCUT2D eigenvalue weighted by Crippen LogP contribution is 2.17. The molecule has 0 aliphatic carbocycles. The Hall–Kier alpha value is -0.860. The average Bonchev–Trinajstić information content (AvgIpc) is 2.35. The van der Waals surface area contributed by atoms with Crippen molar-refractivity contribution in [3.05, 3.63) is 35.4 Å². The molecule has 0 aromatic heterocycles. The molecule has 0 spiro atoms. The summed E-state index contributed by atoms with van der Waals surface area (Å²) < 4.78 is 0. The van der Waals surface area contributed by atoms with Crippen molar-refractivity contribution in [1.29, 1.82) is 0 Å². The molecule has 1 atom stereocenters. The van der Waals surface area contributed by atoms with Crippen molar-refractivity contribution < 1.29 is 5.11 Å². The lowest BCUT2D eigenvalue weighted by molar-refractivity contribution is 0.0303. The fraction of sp³-hybridized carbons (Fsp3) is 0.600. The Morgan fingerprint density at radius 2 is 1.94 bits per heavy atom. The molecule has 2 N–H and O–H groups in total. The van der Waals surface area contributed by atoms with Crippen LogP contribution in [0.5, 0.6) is 0 Å². The summed E-state index contributed by atoms with van der Waals surface area (Å²) in [5.74, 6) is 0. The molecule has 96 valence electrons. The predicted octanol–water partition coefficient (Wildman–Crippen LogP) is 3.20. The third kappa shape index (κ3) is 4.14. The van der Waals surface area contributed by atoms with Gasteiger partial charge < -0.3 is 10.4 Å². The van der Waals surface area contributed by atoms with Gasteiger partial charge in [0, 0.05) is 12.6 Å². The van der Waals surface area contributed by atoms with Gasteiger partial charge in [-0.3, -0.25) is 0 Å². The van der Waals surface area contributed by atoms with Crippen LogP contribution in [-0.4, -0.2) is 17.3 Å². The van der Waals surface area contributed by atoms with E-state index in [0.717, 1.165) is 12.8 Å². The molecule has 0 fully saturated rings. The molecule has 0 aliphatic rings. The van der Waals surface area contributed by atoms with E-state index in [-0.39, 0.29) is 6.04 Å². The van der Waals surface area contributed by atoms with Crippen LogP contribution >= 0.6 is 0 Å². The van der Waals surface area contributed by atoms with Crippen molar-refractivity contribution in [2.24, 2.45) is 0 Å². The van der Waals surface area contributed by atoms with E-state index in [0.29, 0.717) is 6.54 Å². The molecule has 0 unspecified atom stereocenters. The summed E-state index contributed by atoms with van der Waals surface area (Å²) >= 11 is 0. The summed E-state index contributed by atoms with van der Waals surface area (Å²) in [6.07, 6.45) is 1.58. The maximum Gasteiger partial charge on any atom is 0.0766 e. The van der Waals surface area contributed by atoms with E-state index in [1.807, 2.05) is 13.8 Å². The van der Waals surface area contributed by atoms with Gasteiger partial charge in [0.1, 0.15) is 0 Å². The zero-order valence-electron chi connectivity index (χ0n) is 11.5. The zero-order valence-corrected chi connectivity index (χ0v) is 11.5. The number of nitrogens with one attached hydrogen (secondary N) is 1. The van der Waals surface area contributed by atoms with Gasteiger partial charge >= 0.3 is 0 Å². The van der Waals surface area contributed by atoms with Crippen LogP contribution in [0.15, 0.2) is 24.3 Å². The third-order valence-electron chi connectivity index (χ3n) is 3.60. The molecule has 0 radical (unpaired) electrons. The normalized spacial score (nSPS) is 13.7. The number of hydrogen-bond donors (Lipinski definition) is 2. The van der Waals surface area contributed by atoms with Crippen molar-refractivity contribution >= 4 is 0 Å². The van der Waals surface area contributed by atoms with Crippen LogP contribution in [0.4, 0.5) is 0 Å². The van der Waals surface area contributed by atoms with E-state index in [1.54, 1.807) is 0 Å². The Balaban J connectivity index is 2.58. The van der Waals surface area contributed by atoms with Crippen molar-refractivity contribution in [2.45, 2.75) is 52.2 Å². The zero-order chi connectivity index (χ0) is 12.9.